The lowest BCUT2D eigenvalue weighted by atomic mass is 9.97. The van der Waals surface area contributed by atoms with Crippen molar-refractivity contribution in [3.8, 4) is 9.88 Å². The highest BCUT2D eigenvalue weighted by molar-refractivity contribution is 7.89. The van der Waals surface area contributed by atoms with Gasteiger partial charge in [0.25, 0.3) is 0 Å². The molecule has 170 valence electrons. The molecule has 0 saturated carbocycles. The van der Waals surface area contributed by atoms with Crippen molar-refractivity contribution < 1.29 is 13.2 Å². The molecule has 3 aromatic rings. The molecule has 32 heavy (non-hydrogen) atoms. The van der Waals surface area contributed by atoms with Crippen LogP contribution in [0, 0.1) is 5.92 Å². The molecule has 0 radical (unpaired) electrons. The minimum Gasteiger partial charge on any atom is -0.350 e. The summed E-state index contributed by atoms with van der Waals surface area (Å²) in [6.45, 7) is 5.26. The molecule has 1 saturated heterocycles. The van der Waals surface area contributed by atoms with Gasteiger partial charge in [0.2, 0.25) is 15.9 Å². The Morgan fingerprint density at radius 1 is 1.16 bits per heavy atom. The summed E-state index contributed by atoms with van der Waals surface area (Å²) in [4.78, 5) is 18.7. The molecule has 1 aromatic carbocycles. The summed E-state index contributed by atoms with van der Waals surface area (Å²) in [5, 5.41) is 7.92. The summed E-state index contributed by atoms with van der Waals surface area (Å²) in [5.74, 6) is 0.141. The lowest BCUT2D eigenvalue weighted by molar-refractivity contribution is -0.126. The Morgan fingerprint density at radius 2 is 1.88 bits per heavy atom. The molecule has 1 fully saturated rings. The van der Waals surface area contributed by atoms with E-state index < -0.39 is 10.0 Å². The van der Waals surface area contributed by atoms with Gasteiger partial charge in [-0.1, -0.05) is 32.0 Å². The zero-order chi connectivity index (χ0) is 22.7. The zero-order valence-electron chi connectivity index (χ0n) is 18.2. The molecule has 0 atom stereocenters. The number of amides is 1. The number of carbonyl (C=O) groups is 1. The predicted octanol–water partition coefficient (Wildman–Crippen LogP) is 4.71. The summed E-state index contributed by atoms with van der Waals surface area (Å²) in [6.07, 6.45) is 1.04. The first-order valence-electron chi connectivity index (χ1n) is 10.7. The second kappa shape index (κ2) is 9.82. The Balaban J connectivity index is 1.29. The van der Waals surface area contributed by atoms with Gasteiger partial charge >= 0.3 is 0 Å². The Bertz CT molecular complexity index is 1140. The second-order valence-corrected chi connectivity index (χ2v) is 12.0. The van der Waals surface area contributed by atoms with Crippen molar-refractivity contribution in [3.05, 3.63) is 58.4 Å². The highest BCUT2D eigenvalue weighted by Crippen LogP contribution is 2.28. The summed E-state index contributed by atoms with van der Waals surface area (Å²) in [7, 11) is -3.53. The van der Waals surface area contributed by atoms with Gasteiger partial charge in [-0.2, -0.15) is 4.31 Å². The fourth-order valence-electron chi connectivity index (χ4n) is 3.76. The van der Waals surface area contributed by atoms with Gasteiger partial charge in [-0.15, -0.1) is 22.7 Å². The molecule has 1 amide bonds. The van der Waals surface area contributed by atoms with Crippen LogP contribution in [0.3, 0.4) is 0 Å². The number of hydrogen-bond donors (Lipinski definition) is 1. The van der Waals surface area contributed by atoms with E-state index in [-0.39, 0.29) is 11.8 Å². The van der Waals surface area contributed by atoms with Gasteiger partial charge < -0.3 is 5.32 Å². The summed E-state index contributed by atoms with van der Waals surface area (Å²) in [5.41, 5.74) is 1.96. The number of thiophene rings is 1. The van der Waals surface area contributed by atoms with E-state index >= 15 is 0 Å². The molecule has 1 aliphatic heterocycles. The molecule has 0 aliphatic carbocycles. The maximum Gasteiger partial charge on any atom is 0.243 e. The third kappa shape index (κ3) is 5.11. The summed E-state index contributed by atoms with van der Waals surface area (Å²) >= 11 is 3.22. The van der Waals surface area contributed by atoms with E-state index in [2.05, 4.69) is 24.1 Å². The van der Waals surface area contributed by atoms with Crippen molar-refractivity contribution in [3.63, 3.8) is 0 Å². The monoisotopic (exact) mass is 489 g/mol. The molecule has 0 bridgehead atoms. The van der Waals surface area contributed by atoms with Crippen LogP contribution in [0.1, 0.15) is 43.9 Å². The minimum absolute atomic E-state index is 0.0333. The van der Waals surface area contributed by atoms with Crippen LogP contribution in [-0.4, -0.2) is 36.7 Å². The van der Waals surface area contributed by atoms with Gasteiger partial charge in [-0.25, -0.2) is 13.4 Å². The molecule has 3 heterocycles. The van der Waals surface area contributed by atoms with Gasteiger partial charge in [0.15, 0.2) is 0 Å². The highest BCUT2D eigenvalue weighted by Gasteiger charge is 2.32. The van der Waals surface area contributed by atoms with Crippen LogP contribution in [0.4, 0.5) is 0 Å². The zero-order valence-corrected chi connectivity index (χ0v) is 20.6. The molecule has 0 spiro atoms. The van der Waals surface area contributed by atoms with Crippen LogP contribution in [0.5, 0.6) is 0 Å². The fourth-order valence-corrected chi connectivity index (χ4v) is 6.86. The van der Waals surface area contributed by atoms with E-state index in [1.54, 1.807) is 34.8 Å². The van der Waals surface area contributed by atoms with Crippen molar-refractivity contribution in [2.24, 2.45) is 5.92 Å². The maximum atomic E-state index is 13.0. The number of aromatic nitrogens is 1. The van der Waals surface area contributed by atoms with E-state index in [9.17, 15) is 13.2 Å². The first kappa shape index (κ1) is 23.1. The van der Waals surface area contributed by atoms with Crippen molar-refractivity contribution in [1.82, 2.24) is 14.6 Å². The van der Waals surface area contributed by atoms with Crippen LogP contribution in [0.25, 0.3) is 9.88 Å². The smallest absolute Gasteiger partial charge is 0.243 e. The fraction of sp³-hybridized carbons (Fsp3) is 0.391. The Kier molecular flexibility index (Phi) is 7.09. The molecule has 9 heteroatoms. The van der Waals surface area contributed by atoms with Gasteiger partial charge in [0.05, 0.1) is 22.0 Å². The maximum absolute atomic E-state index is 13.0. The number of sulfonamides is 1. The molecule has 1 N–H and O–H groups in total. The van der Waals surface area contributed by atoms with Crippen molar-refractivity contribution in [1.29, 1.82) is 0 Å². The van der Waals surface area contributed by atoms with E-state index in [0.717, 1.165) is 21.1 Å². The molecule has 6 nitrogen and oxygen atoms in total. The number of thiazole rings is 1. The van der Waals surface area contributed by atoms with E-state index in [1.807, 2.05) is 35.0 Å². The standard InChI is InChI=1S/C23H27N3O3S3/c1-16(2)17-5-7-20(8-6-17)32(28,29)26-11-9-18(10-12-26)22(27)24-14-19-15-31-23(25-19)21-4-3-13-30-21/h3-8,13,15-16,18H,9-12,14H2,1-2H3,(H,24,27). The largest absolute Gasteiger partial charge is 0.350 e. The Labute approximate surface area is 197 Å². The van der Waals surface area contributed by atoms with Crippen molar-refractivity contribution >= 4 is 38.6 Å². The second-order valence-electron chi connectivity index (χ2n) is 8.24. The topological polar surface area (TPSA) is 79.4 Å². The third-order valence-corrected chi connectivity index (χ3v) is 9.58. The Morgan fingerprint density at radius 3 is 2.50 bits per heavy atom. The number of piperidine rings is 1. The van der Waals surface area contributed by atoms with Crippen LogP contribution in [-0.2, 0) is 21.4 Å². The molecular formula is C23H27N3O3S3. The number of carbonyl (C=O) groups excluding carboxylic acids is 1. The summed E-state index contributed by atoms with van der Waals surface area (Å²) < 4.78 is 27.4. The number of hydrogen-bond acceptors (Lipinski definition) is 6. The van der Waals surface area contributed by atoms with Crippen molar-refractivity contribution in [2.75, 3.05) is 13.1 Å². The summed E-state index contributed by atoms with van der Waals surface area (Å²) in [6, 6.07) is 11.1. The third-order valence-electron chi connectivity index (χ3n) is 5.74. The number of rotatable bonds is 7. The highest BCUT2D eigenvalue weighted by atomic mass is 32.2. The van der Waals surface area contributed by atoms with E-state index in [1.165, 1.54) is 4.31 Å². The first-order valence-corrected chi connectivity index (χ1v) is 13.9. The van der Waals surface area contributed by atoms with Gasteiger partial charge in [0.1, 0.15) is 5.01 Å². The van der Waals surface area contributed by atoms with Gasteiger partial charge in [-0.3, -0.25) is 4.79 Å². The van der Waals surface area contributed by atoms with Gasteiger partial charge in [-0.05, 0) is 47.9 Å². The molecule has 1 aliphatic rings. The van der Waals surface area contributed by atoms with Crippen LogP contribution >= 0.6 is 22.7 Å². The molecule has 4 rings (SSSR count). The van der Waals surface area contributed by atoms with Crippen molar-refractivity contribution in [2.45, 2.75) is 44.0 Å². The number of benzene rings is 1. The van der Waals surface area contributed by atoms with E-state index in [4.69, 9.17) is 0 Å². The van der Waals surface area contributed by atoms with Crippen LogP contribution < -0.4 is 5.32 Å². The first-order chi connectivity index (χ1) is 15.3. The number of nitrogens with zero attached hydrogens (tertiary/aromatic N) is 2. The number of nitrogens with one attached hydrogen (secondary N) is 1. The Hall–Kier alpha value is -2.07. The predicted molar refractivity (Wildman–Crippen MR) is 129 cm³/mol. The average molecular weight is 490 g/mol. The van der Waals surface area contributed by atoms with Crippen LogP contribution in [0.2, 0.25) is 0 Å². The minimum atomic E-state index is -3.53. The van der Waals surface area contributed by atoms with Crippen LogP contribution in [0.15, 0.2) is 52.1 Å². The quantitative estimate of drug-likeness (QED) is 0.521. The van der Waals surface area contributed by atoms with Gasteiger partial charge in [0, 0.05) is 24.4 Å². The average Bonchev–Trinajstić information content (AvgIpc) is 3.49. The lowest BCUT2D eigenvalue weighted by Crippen LogP contribution is -2.42. The molecule has 2 aromatic heterocycles. The molecular weight excluding hydrogens is 462 g/mol. The lowest BCUT2D eigenvalue weighted by Gasteiger charge is -2.30. The normalized spacial score (nSPS) is 15.8. The van der Waals surface area contributed by atoms with E-state index in [0.29, 0.717) is 43.3 Å². The SMILES string of the molecule is CC(C)c1ccc(S(=O)(=O)N2CCC(C(=O)NCc3csc(-c4cccs4)n3)CC2)cc1. The molecule has 0 unspecified atom stereocenters.